The topological polar surface area (TPSA) is 34.9 Å². The SMILES string of the molecule is O=c1c2ccc(Cl)cc2ncn1Cc1ccccc1Br. The van der Waals surface area contributed by atoms with Crippen LogP contribution in [0.5, 0.6) is 0 Å². The standard InChI is InChI=1S/C15H10BrClN2O/c16-13-4-2-1-3-10(13)8-19-9-18-14-7-11(17)5-6-12(14)15(19)20/h1-7,9H,8H2. The quantitative estimate of drug-likeness (QED) is 0.704. The summed E-state index contributed by atoms with van der Waals surface area (Å²) >= 11 is 9.39. The van der Waals surface area contributed by atoms with Crippen LogP contribution >= 0.6 is 27.5 Å². The third-order valence-corrected chi connectivity index (χ3v) is 4.09. The lowest BCUT2D eigenvalue weighted by Crippen LogP contribution is -2.21. The largest absolute Gasteiger partial charge is 0.294 e. The Morgan fingerprint density at radius 2 is 2.00 bits per heavy atom. The van der Waals surface area contributed by atoms with Crippen LogP contribution in [0.2, 0.25) is 5.02 Å². The van der Waals surface area contributed by atoms with Crippen LogP contribution in [0.25, 0.3) is 10.9 Å². The van der Waals surface area contributed by atoms with Crippen molar-refractivity contribution in [3.63, 3.8) is 0 Å². The van der Waals surface area contributed by atoms with Gasteiger partial charge < -0.3 is 0 Å². The Morgan fingerprint density at radius 1 is 1.20 bits per heavy atom. The number of halogens is 2. The Kier molecular flexibility index (Phi) is 3.59. The van der Waals surface area contributed by atoms with Gasteiger partial charge in [0.15, 0.2) is 0 Å². The smallest absolute Gasteiger partial charge is 0.261 e. The molecule has 3 aromatic rings. The lowest BCUT2D eigenvalue weighted by atomic mass is 10.2. The van der Waals surface area contributed by atoms with Crippen LogP contribution in [-0.4, -0.2) is 9.55 Å². The van der Waals surface area contributed by atoms with E-state index in [-0.39, 0.29) is 5.56 Å². The summed E-state index contributed by atoms with van der Waals surface area (Å²) in [6, 6.07) is 12.9. The highest BCUT2D eigenvalue weighted by Crippen LogP contribution is 2.17. The van der Waals surface area contributed by atoms with Gasteiger partial charge in [0, 0.05) is 9.50 Å². The molecule has 0 unspecified atom stereocenters. The summed E-state index contributed by atoms with van der Waals surface area (Å²) in [7, 11) is 0. The van der Waals surface area contributed by atoms with Gasteiger partial charge in [-0.05, 0) is 29.8 Å². The summed E-state index contributed by atoms with van der Waals surface area (Å²) in [4.78, 5) is 16.7. The van der Waals surface area contributed by atoms with Gasteiger partial charge in [-0.3, -0.25) is 9.36 Å². The van der Waals surface area contributed by atoms with E-state index in [9.17, 15) is 4.79 Å². The number of hydrogen-bond donors (Lipinski definition) is 0. The molecule has 3 nitrogen and oxygen atoms in total. The predicted octanol–water partition coefficient (Wildman–Crippen LogP) is 3.86. The molecule has 0 saturated heterocycles. The Balaban J connectivity index is 2.09. The molecule has 0 aliphatic carbocycles. The van der Waals surface area contributed by atoms with Crippen LogP contribution in [0.1, 0.15) is 5.56 Å². The van der Waals surface area contributed by atoms with Crippen molar-refractivity contribution in [1.29, 1.82) is 0 Å². The summed E-state index contributed by atoms with van der Waals surface area (Å²) in [6.07, 6.45) is 1.56. The number of aromatic nitrogens is 2. The van der Waals surface area contributed by atoms with Crippen molar-refractivity contribution in [3.8, 4) is 0 Å². The lowest BCUT2D eigenvalue weighted by molar-refractivity contribution is 0.746. The van der Waals surface area contributed by atoms with Crippen molar-refractivity contribution in [1.82, 2.24) is 9.55 Å². The molecule has 5 heteroatoms. The third-order valence-electron chi connectivity index (χ3n) is 3.09. The monoisotopic (exact) mass is 348 g/mol. The van der Waals surface area contributed by atoms with Gasteiger partial charge in [0.25, 0.3) is 5.56 Å². The molecule has 0 radical (unpaired) electrons. The number of benzene rings is 2. The van der Waals surface area contributed by atoms with E-state index in [1.807, 2.05) is 24.3 Å². The van der Waals surface area contributed by atoms with Gasteiger partial charge >= 0.3 is 0 Å². The molecule has 3 rings (SSSR count). The molecule has 0 aliphatic heterocycles. The highest BCUT2D eigenvalue weighted by Gasteiger charge is 2.06. The first-order valence-electron chi connectivity index (χ1n) is 6.03. The second-order valence-corrected chi connectivity index (χ2v) is 5.72. The maximum absolute atomic E-state index is 12.4. The van der Waals surface area contributed by atoms with Gasteiger partial charge in [-0.2, -0.15) is 0 Å². The molecular weight excluding hydrogens is 340 g/mol. The van der Waals surface area contributed by atoms with Gasteiger partial charge in [0.2, 0.25) is 0 Å². The van der Waals surface area contributed by atoms with Gasteiger partial charge in [-0.25, -0.2) is 4.98 Å². The van der Waals surface area contributed by atoms with Gasteiger partial charge in [0.1, 0.15) is 0 Å². The Bertz CT molecular complexity index is 845. The van der Waals surface area contributed by atoms with Crippen LogP contribution in [-0.2, 0) is 6.54 Å². The van der Waals surface area contributed by atoms with E-state index in [2.05, 4.69) is 20.9 Å². The number of fused-ring (bicyclic) bond motifs is 1. The van der Waals surface area contributed by atoms with Crippen LogP contribution in [0.3, 0.4) is 0 Å². The molecule has 0 amide bonds. The Labute approximate surface area is 129 Å². The zero-order valence-electron chi connectivity index (χ0n) is 10.4. The van der Waals surface area contributed by atoms with E-state index in [0.29, 0.717) is 22.5 Å². The van der Waals surface area contributed by atoms with Gasteiger partial charge in [-0.1, -0.05) is 45.7 Å². The van der Waals surface area contributed by atoms with E-state index in [1.54, 1.807) is 29.1 Å². The van der Waals surface area contributed by atoms with Crippen molar-refractivity contribution in [2.75, 3.05) is 0 Å². The summed E-state index contributed by atoms with van der Waals surface area (Å²) < 4.78 is 2.57. The minimum absolute atomic E-state index is 0.0672. The molecule has 0 bridgehead atoms. The van der Waals surface area contributed by atoms with E-state index in [1.165, 1.54) is 0 Å². The summed E-state index contributed by atoms with van der Waals surface area (Å²) in [6.45, 7) is 0.478. The number of rotatable bonds is 2. The second kappa shape index (κ2) is 5.38. The first-order valence-corrected chi connectivity index (χ1v) is 7.20. The fourth-order valence-electron chi connectivity index (χ4n) is 2.05. The minimum Gasteiger partial charge on any atom is -0.294 e. The van der Waals surface area contributed by atoms with Crippen molar-refractivity contribution in [2.45, 2.75) is 6.54 Å². The average molecular weight is 350 g/mol. The Morgan fingerprint density at radius 3 is 2.80 bits per heavy atom. The fraction of sp³-hybridized carbons (Fsp3) is 0.0667. The zero-order chi connectivity index (χ0) is 14.1. The van der Waals surface area contributed by atoms with Crippen molar-refractivity contribution in [3.05, 3.63) is 74.2 Å². The summed E-state index contributed by atoms with van der Waals surface area (Å²) in [5.74, 6) is 0. The van der Waals surface area contributed by atoms with Crippen molar-refractivity contribution < 1.29 is 0 Å². The normalized spacial score (nSPS) is 10.9. The second-order valence-electron chi connectivity index (χ2n) is 4.43. The molecule has 0 N–H and O–H groups in total. The first kappa shape index (κ1) is 13.3. The molecule has 20 heavy (non-hydrogen) atoms. The first-order chi connectivity index (χ1) is 9.65. The van der Waals surface area contributed by atoms with Crippen molar-refractivity contribution in [2.24, 2.45) is 0 Å². The predicted molar refractivity (Wildman–Crippen MR) is 84.3 cm³/mol. The maximum Gasteiger partial charge on any atom is 0.261 e. The molecule has 0 spiro atoms. The maximum atomic E-state index is 12.4. The van der Waals surface area contributed by atoms with E-state index < -0.39 is 0 Å². The Hall–Kier alpha value is -1.65. The van der Waals surface area contributed by atoms with Crippen LogP contribution in [0.4, 0.5) is 0 Å². The molecule has 2 aromatic carbocycles. The number of hydrogen-bond acceptors (Lipinski definition) is 2. The van der Waals surface area contributed by atoms with Crippen molar-refractivity contribution >= 4 is 38.4 Å². The van der Waals surface area contributed by atoms with E-state index in [4.69, 9.17) is 11.6 Å². The molecule has 1 heterocycles. The summed E-state index contributed by atoms with van der Waals surface area (Å²) in [5.41, 5.74) is 1.58. The van der Waals surface area contributed by atoms with Crippen LogP contribution in [0, 0.1) is 0 Å². The molecule has 0 saturated carbocycles. The minimum atomic E-state index is -0.0672. The summed E-state index contributed by atoms with van der Waals surface area (Å²) in [5, 5.41) is 1.15. The lowest BCUT2D eigenvalue weighted by Gasteiger charge is -2.08. The molecular formula is C15H10BrClN2O. The van der Waals surface area contributed by atoms with Crippen LogP contribution in [0.15, 0.2) is 58.1 Å². The molecule has 0 atom stereocenters. The average Bonchev–Trinajstić information content (AvgIpc) is 2.44. The molecule has 100 valence electrons. The highest BCUT2D eigenvalue weighted by molar-refractivity contribution is 9.10. The van der Waals surface area contributed by atoms with E-state index in [0.717, 1.165) is 10.0 Å². The molecule has 0 aliphatic rings. The van der Waals surface area contributed by atoms with Crippen LogP contribution < -0.4 is 5.56 Å². The van der Waals surface area contributed by atoms with Gasteiger partial charge in [0.05, 0.1) is 23.8 Å². The third kappa shape index (κ3) is 2.49. The highest BCUT2D eigenvalue weighted by atomic mass is 79.9. The van der Waals surface area contributed by atoms with E-state index >= 15 is 0 Å². The van der Waals surface area contributed by atoms with Gasteiger partial charge in [-0.15, -0.1) is 0 Å². The fourth-order valence-corrected chi connectivity index (χ4v) is 2.63. The number of nitrogens with zero attached hydrogens (tertiary/aromatic N) is 2. The zero-order valence-corrected chi connectivity index (χ0v) is 12.7. The molecule has 1 aromatic heterocycles. The molecule has 0 fully saturated rings.